The summed E-state index contributed by atoms with van der Waals surface area (Å²) in [7, 11) is 1.53. The molecule has 58 valence electrons. The second-order valence-electron chi connectivity index (χ2n) is 1.82. The molecule has 4 nitrogen and oxygen atoms in total. The Labute approximate surface area is 64.8 Å². The fourth-order valence-corrected chi connectivity index (χ4v) is 0.747. The third-order valence-corrected chi connectivity index (χ3v) is 1.26. The lowest BCUT2D eigenvalue weighted by Gasteiger charge is -1.94. The largest absolute Gasteiger partial charge is 0.478 e. The Morgan fingerprint density at radius 1 is 1.55 bits per heavy atom. The number of rotatable bonds is 3. The highest BCUT2D eigenvalue weighted by molar-refractivity contribution is 5.50. The molecule has 1 aromatic rings. The predicted molar refractivity (Wildman–Crippen MR) is 43.1 cm³/mol. The van der Waals surface area contributed by atoms with Crippen molar-refractivity contribution in [2.45, 2.75) is 0 Å². The minimum absolute atomic E-state index is 0.458. The maximum atomic E-state index is 4.91. The highest BCUT2D eigenvalue weighted by Gasteiger charge is 2.06. The lowest BCUT2D eigenvalue weighted by molar-refractivity contribution is 0.396. The molecule has 0 saturated heterocycles. The van der Waals surface area contributed by atoms with Crippen LogP contribution in [-0.4, -0.2) is 22.1 Å². The second-order valence-corrected chi connectivity index (χ2v) is 1.82. The average molecular weight is 151 g/mol. The molecule has 0 aliphatic carbocycles. The van der Waals surface area contributed by atoms with Crippen LogP contribution in [0.2, 0.25) is 0 Å². The van der Waals surface area contributed by atoms with Gasteiger partial charge in [-0.25, -0.2) is 4.68 Å². The van der Waals surface area contributed by atoms with E-state index in [-0.39, 0.29) is 0 Å². The Bertz CT molecular complexity index is 277. The van der Waals surface area contributed by atoms with Crippen molar-refractivity contribution >= 4 is 12.3 Å². The van der Waals surface area contributed by atoms with Crippen LogP contribution in [0, 0.1) is 0 Å². The third kappa shape index (κ3) is 1.14. The summed E-state index contributed by atoms with van der Waals surface area (Å²) in [6.07, 6.45) is 3.15. The smallest absolute Gasteiger partial charge is 0.261 e. The summed E-state index contributed by atoms with van der Waals surface area (Å²) < 4.78 is 6.40. The highest BCUT2D eigenvalue weighted by atomic mass is 16.5. The van der Waals surface area contributed by atoms with E-state index in [0.29, 0.717) is 11.6 Å². The van der Waals surface area contributed by atoms with Crippen LogP contribution in [0.3, 0.4) is 0 Å². The number of aromatic nitrogens is 3. The minimum Gasteiger partial charge on any atom is -0.478 e. The van der Waals surface area contributed by atoms with Crippen LogP contribution in [0.4, 0.5) is 0 Å². The number of hydrogen-bond acceptors (Lipinski definition) is 3. The van der Waals surface area contributed by atoms with Crippen molar-refractivity contribution in [3.8, 4) is 5.88 Å². The molecule has 1 aromatic heterocycles. The first-order valence-corrected chi connectivity index (χ1v) is 3.07. The maximum Gasteiger partial charge on any atom is 0.261 e. The van der Waals surface area contributed by atoms with Crippen LogP contribution >= 0.6 is 0 Å². The summed E-state index contributed by atoms with van der Waals surface area (Å²) in [5.41, 5.74) is 0.711. The lowest BCUT2D eigenvalue weighted by atomic mass is 10.4. The Morgan fingerprint density at radius 2 is 2.27 bits per heavy atom. The fraction of sp³-hybridized carbons (Fsp3) is 0.143. The van der Waals surface area contributed by atoms with Gasteiger partial charge in [-0.3, -0.25) is 0 Å². The average Bonchev–Trinajstić information content (AvgIpc) is 2.45. The summed E-state index contributed by atoms with van der Waals surface area (Å²) in [5, 5.41) is 7.45. The van der Waals surface area contributed by atoms with Crippen molar-refractivity contribution in [2.24, 2.45) is 0 Å². The van der Waals surface area contributed by atoms with Crippen molar-refractivity contribution in [3.05, 3.63) is 18.9 Å². The number of hydrogen-bond donors (Lipinski definition) is 0. The van der Waals surface area contributed by atoms with Gasteiger partial charge in [-0.05, 0) is 6.08 Å². The first-order chi connectivity index (χ1) is 5.33. The van der Waals surface area contributed by atoms with Gasteiger partial charge in [0, 0.05) is 6.20 Å². The van der Waals surface area contributed by atoms with Crippen LogP contribution in [-0.2, 0) is 0 Å². The normalized spacial score (nSPS) is 9.18. The van der Waals surface area contributed by atoms with Gasteiger partial charge in [-0.15, -0.1) is 0 Å². The zero-order valence-electron chi connectivity index (χ0n) is 6.32. The van der Waals surface area contributed by atoms with E-state index >= 15 is 0 Å². The van der Waals surface area contributed by atoms with E-state index in [9.17, 15) is 0 Å². The molecule has 0 amide bonds. The number of nitrogens with zero attached hydrogens (tertiary/aromatic N) is 3. The van der Waals surface area contributed by atoms with E-state index in [0.717, 1.165) is 0 Å². The molecule has 1 rings (SSSR count). The van der Waals surface area contributed by atoms with E-state index in [1.54, 1.807) is 6.08 Å². The lowest BCUT2D eigenvalue weighted by Crippen LogP contribution is -1.91. The summed E-state index contributed by atoms with van der Waals surface area (Å²) in [5.74, 6) is 0.458. The summed E-state index contributed by atoms with van der Waals surface area (Å²) in [4.78, 5) is 0. The molecule has 0 radical (unpaired) electrons. The van der Waals surface area contributed by atoms with Gasteiger partial charge in [-0.1, -0.05) is 23.5 Å². The molecule has 0 atom stereocenters. The summed E-state index contributed by atoms with van der Waals surface area (Å²) in [6.45, 7) is 7.14. The highest BCUT2D eigenvalue weighted by Crippen LogP contribution is 2.14. The van der Waals surface area contributed by atoms with E-state index in [1.165, 1.54) is 18.0 Å². The quantitative estimate of drug-likeness (QED) is 0.647. The molecule has 0 aliphatic rings. The van der Waals surface area contributed by atoms with Gasteiger partial charge in [0.15, 0.2) is 0 Å². The van der Waals surface area contributed by atoms with Gasteiger partial charge >= 0.3 is 0 Å². The van der Waals surface area contributed by atoms with Gasteiger partial charge in [0.05, 0.1) is 7.11 Å². The van der Waals surface area contributed by atoms with Crippen molar-refractivity contribution in [3.63, 3.8) is 0 Å². The Morgan fingerprint density at radius 3 is 2.73 bits per heavy atom. The van der Waals surface area contributed by atoms with Gasteiger partial charge in [0.1, 0.15) is 5.69 Å². The predicted octanol–water partition coefficient (Wildman–Crippen LogP) is 1.03. The first-order valence-electron chi connectivity index (χ1n) is 3.07. The van der Waals surface area contributed by atoms with E-state index in [2.05, 4.69) is 23.5 Å². The van der Waals surface area contributed by atoms with E-state index < -0.39 is 0 Å². The van der Waals surface area contributed by atoms with Crippen molar-refractivity contribution in [1.29, 1.82) is 0 Å². The molecule has 4 heteroatoms. The third-order valence-electron chi connectivity index (χ3n) is 1.26. The minimum atomic E-state index is 0.458. The van der Waals surface area contributed by atoms with Gasteiger partial charge in [0.25, 0.3) is 5.88 Å². The second kappa shape index (κ2) is 3.01. The molecule has 1 heterocycles. The SMILES string of the molecule is C=Cc1c(OC)nnn1C=C. The standard InChI is InChI=1S/C7H9N3O/c1-4-6-7(11-3)8-9-10(6)5-2/h4-5H,1-2H2,3H3. The summed E-state index contributed by atoms with van der Waals surface area (Å²) in [6, 6.07) is 0. The molecule has 0 N–H and O–H groups in total. The van der Waals surface area contributed by atoms with Gasteiger partial charge in [0.2, 0.25) is 0 Å². The molecular weight excluding hydrogens is 142 g/mol. The first kappa shape index (κ1) is 7.53. The summed E-state index contributed by atoms with van der Waals surface area (Å²) >= 11 is 0. The molecule has 0 spiro atoms. The molecule has 0 bridgehead atoms. The molecular formula is C7H9N3O. The van der Waals surface area contributed by atoms with Crippen LogP contribution in [0.1, 0.15) is 5.69 Å². The zero-order chi connectivity index (χ0) is 8.27. The molecule has 0 aromatic carbocycles. The number of ether oxygens (including phenoxy) is 1. The van der Waals surface area contributed by atoms with E-state index in [1.807, 2.05) is 0 Å². The zero-order valence-corrected chi connectivity index (χ0v) is 6.32. The fourth-order valence-electron chi connectivity index (χ4n) is 0.747. The van der Waals surface area contributed by atoms with Crippen LogP contribution in [0.5, 0.6) is 5.88 Å². The van der Waals surface area contributed by atoms with Gasteiger partial charge in [-0.2, -0.15) is 0 Å². The molecule has 11 heavy (non-hydrogen) atoms. The van der Waals surface area contributed by atoms with Crippen LogP contribution in [0.15, 0.2) is 13.2 Å². The number of methoxy groups -OCH3 is 1. The van der Waals surface area contributed by atoms with Gasteiger partial charge < -0.3 is 4.74 Å². The molecule has 0 unspecified atom stereocenters. The Balaban J connectivity index is 3.18. The maximum absolute atomic E-state index is 4.91. The van der Waals surface area contributed by atoms with Crippen LogP contribution in [0.25, 0.3) is 12.3 Å². The Hall–Kier alpha value is -1.58. The molecule has 0 fully saturated rings. The van der Waals surface area contributed by atoms with E-state index in [4.69, 9.17) is 4.74 Å². The van der Waals surface area contributed by atoms with Crippen molar-refractivity contribution in [1.82, 2.24) is 15.0 Å². The topological polar surface area (TPSA) is 39.9 Å². The molecule has 0 saturated carbocycles. The van der Waals surface area contributed by atoms with Crippen molar-refractivity contribution in [2.75, 3.05) is 7.11 Å². The van der Waals surface area contributed by atoms with Crippen LogP contribution < -0.4 is 4.74 Å². The van der Waals surface area contributed by atoms with Crippen molar-refractivity contribution < 1.29 is 4.74 Å². The monoisotopic (exact) mass is 151 g/mol. The molecule has 0 aliphatic heterocycles. The Kier molecular flexibility index (Phi) is 2.06.